The molecule has 0 radical (unpaired) electrons. The Bertz CT molecular complexity index is 726. The molecule has 0 fully saturated rings. The second-order valence-electron chi connectivity index (χ2n) is 6.37. The maximum atomic E-state index is 11.6. The highest BCUT2D eigenvalue weighted by molar-refractivity contribution is 5.87. The molecule has 0 atom stereocenters. The van der Waals surface area contributed by atoms with E-state index in [1.54, 1.807) is 6.08 Å². The van der Waals surface area contributed by atoms with Crippen LogP contribution >= 0.6 is 0 Å². The van der Waals surface area contributed by atoms with E-state index in [1.807, 2.05) is 59.0 Å². The summed E-state index contributed by atoms with van der Waals surface area (Å²) in [5.74, 6) is 0.517. The number of nitrogens with one attached hydrogen (secondary N) is 1. The number of carbonyl (C=O) groups excluding carboxylic acids is 1. The Labute approximate surface area is 143 Å². The standard InChI is InChI=1S/C20H25NO3/c1-13(2)23-18-9-15(5)8-17(11-18)19-10-16(12-21-19)6-7-20(22)24-14(3)4/h6-14,21H,1-5H3/b7-6-. The van der Waals surface area contributed by atoms with Crippen LogP contribution in [0.2, 0.25) is 0 Å². The first-order chi connectivity index (χ1) is 11.3. The second kappa shape index (κ2) is 7.86. The van der Waals surface area contributed by atoms with Crippen molar-refractivity contribution in [3.8, 4) is 17.0 Å². The highest BCUT2D eigenvalue weighted by Gasteiger charge is 2.06. The molecule has 0 spiro atoms. The van der Waals surface area contributed by atoms with E-state index in [0.29, 0.717) is 0 Å². The number of carbonyl (C=O) groups is 1. The van der Waals surface area contributed by atoms with E-state index in [-0.39, 0.29) is 18.2 Å². The van der Waals surface area contributed by atoms with Crippen molar-refractivity contribution in [3.63, 3.8) is 0 Å². The van der Waals surface area contributed by atoms with Gasteiger partial charge in [0.05, 0.1) is 12.2 Å². The van der Waals surface area contributed by atoms with E-state index >= 15 is 0 Å². The molecule has 0 aliphatic rings. The third-order valence-electron chi connectivity index (χ3n) is 3.20. The lowest BCUT2D eigenvalue weighted by atomic mass is 10.1. The average Bonchev–Trinajstić information content (AvgIpc) is 2.92. The van der Waals surface area contributed by atoms with Crippen molar-refractivity contribution in [1.82, 2.24) is 4.98 Å². The van der Waals surface area contributed by atoms with Gasteiger partial charge in [0.2, 0.25) is 0 Å². The quantitative estimate of drug-likeness (QED) is 0.616. The zero-order valence-electron chi connectivity index (χ0n) is 14.9. The fourth-order valence-electron chi connectivity index (χ4n) is 2.35. The first-order valence-corrected chi connectivity index (χ1v) is 8.19. The number of benzene rings is 1. The van der Waals surface area contributed by atoms with Crippen molar-refractivity contribution in [1.29, 1.82) is 0 Å². The molecule has 1 N–H and O–H groups in total. The van der Waals surface area contributed by atoms with Gasteiger partial charge in [0, 0.05) is 23.5 Å². The summed E-state index contributed by atoms with van der Waals surface area (Å²) in [7, 11) is 0. The molecule has 0 aliphatic heterocycles. The van der Waals surface area contributed by atoms with Gasteiger partial charge in [-0.1, -0.05) is 0 Å². The summed E-state index contributed by atoms with van der Waals surface area (Å²) in [5, 5.41) is 0. The molecule has 128 valence electrons. The molecule has 1 heterocycles. The largest absolute Gasteiger partial charge is 0.491 e. The summed E-state index contributed by atoms with van der Waals surface area (Å²) in [6.07, 6.45) is 5.06. The smallest absolute Gasteiger partial charge is 0.331 e. The lowest BCUT2D eigenvalue weighted by Gasteiger charge is -2.11. The molecule has 0 saturated heterocycles. The Kier molecular flexibility index (Phi) is 5.85. The molecule has 1 aromatic heterocycles. The normalized spacial score (nSPS) is 11.5. The molecule has 2 aromatic rings. The highest BCUT2D eigenvalue weighted by Crippen LogP contribution is 2.26. The van der Waals surface area contributed by atoms with E-state index in [0.717, 1.165) is 28.1 Å². The summed E-state index contributed by atoms with van der Waals surface area (Å²) in [5.41, 5.74) is 4.08. The molecule has 0 bridgehead atoms. The Morgan fingerprint density at radius 1 is 1.08 bits per heavy atom. The fraction of sp³-hybridized carbons (Fsp3) is 0.350. The molecule has 0 saturated carbocycles. The summed E-state index contributed by atoms with van der Waals surface area (Å²) >= 11 is 0. The first kappa shape index (κ1) is 17.9. The van der Waals surface area contributed by atoms with Crippen molar-refractivity contribution < 1.29 is 14.3 Å². The van der Waals surface area contributed by atoms with Crippen molar-refractivity contribution in [2.45, 2.75) is 46.8 Å². The van der Waals surface area contributed by atoms with E-state index < -0.39 is 0 Å². The van der Waals surface area contributed by atoms with Crippen LogP contribution in [-0.2, 0) is 9.53 Å². The third kappa shape index (κ3) is 5.30. The van der Waals surface area contributed by atoms with Crippen molar-refractivity contribution in [2.75, 3.05) is 0 Å². The molecule has 1 aromatic carbocycles. The average molecular weight is 327 g/mol. The molecule has 0 aliphatic carbocycles. The van der Waals surface area contributed by atoms with Crippen molar-refractivity contribution in [3.05, 3.63) is 47.7 Å². The lowest BCUT2D eigenvalue weighted by Crippen LogP contribution is -2.08. The van der Waals surface area contributed by atoms with E-state index in [4.69, 9.17) is 9.47 Å². The molecule has 24 heavy (non-hydrogen) atoms. The minimum absolute atomic E-state index is 0.115. The van der Waals surface area contributed by atoms with Gasteiger partial charge in [-0.05, 0) is 76.1 Å². The van der Waals surface area contributed by atoms with Crippen LogP contribution in [0.15, 0.2) is 36.5 Å². The lowest BCUT2D eigenvalue weighted by molar-refractivity contribution is -0.141. The first-order valence-electron chi connectivity index (χ1n) is 8.19. The molecule has 2 rings (SSSR count). The van der Waals surface area contributed by atoms with E-state index in [2.05, 4.69) is 11.1 Å². The Morgan fingerprint density at radius 2 is 1.83 bits per heavy atom. The second-order valence-corrected chi connectivity index (χ2v) is 6.37. The van der Waals surface area contributed by atoms with Crippen molar-refractivity contribution in [2.24, 2.45) is 0 Å². The molecular weight excluding hydrogens is 302 g/mol. The van der Waals surface area contributed by atoms with Gasteiger partial charge in [-0.25, -0.2) is 4.79 Å². The summed E-state index contributed by atoms with van der Waals surface area (Å²) < 4.78 is 10.9. The maximum Gasteiger partial charge on any atom is 0.331 e. The highest BCUT2D eigenvalue weighted by atomic mass is 16.5. The maximum absolute atomic E-state index is 11.6. The zero-order valence-corrected chi connectivity index (χ0v) is 14.9. The van der Waals surface area contributed by atoms with Crippen molar-refractivity contribution >= 4 is 12.0 Å². The van der Waals surface area contributed by atoms with Gasteiger partial charge in [0.1, 0.15) is 5.75 Å². The molecule has 4 nitrogen and oxygen atoms in total. The number of aryl methyl sites for hydroxylation is 1. The van der Waals surface area contributed by atoms with Crippen LogP contribution in [-0.4, -0.2) is 23.2 Å². The molecule has 0 unspecified atom stereocenters. The number of ether oxygens (including phenoxy) is 2. The molecule has 4 heteroatoms. The number of aromatic amines is 1. The predicted octanol–water partition coefficient (Wildman–Crippen LogP) is 4.74. The van der Waals surface area contributed by atoms with Crippen LogP contribution in [0.25, 0.3) is 17.3 Å². The van der Waals surface area contributed by atoms with Crippen LogP contribution in [0.3, 0.4) is 0 Å². The molecular formula is C20H25NO3. The predicted molar refractivity (Wildman–Crippen MR) is 97.0 cm³/mol. The minimum atomic E-state index is -0.337. The number of rotatable bonds is 6. The van der Waals surface area contributed by atoms with Gasteiger partial charge in [0.25, 0.3) is 0 Å². The molecule has 0 amide bonds. The number of H-pyrrole nitrogens is 1. The number of esters is 1. The van der Waals surface area contributed by atoms with Gasteiger partial charge >= 0.3 is 5.97 Å². The van der Waals surface area contributed by atoms with Crippen LogP contribution in [0.1, 0.15) is 38.8 Å². The van der Waals surface area contributed by atoms with Gasteiger partial charge in [-0.3, -0.25) is 0 Å². The Balaban J connectivity index is 2.17. The Hall–Kier alpha value is -2.49. The van der Waals surface area contributed by atoms with Gasteiger partial charge in [-0.15, -0.1) is 0 Å². The number of hydrogen-bond donors (Lipinski definition) is 1. The van der Waals surface area contributed by atoms with Crippen LogP contribution in [0.4, 0.5) is 0 Å². The Morgan fingerprint density at radius 3 is 2.50 bits per heavy atom. The van der Waals surface area contributed by atoms with Gasteiger partial charge in [0.15, 0.2) is 0 Å². The summed E-state index contributed by atoms with van der Waals surface area (Å²) in [6.45, 7) is 9.72. The van der Waals surface area contributed by atoms with Gasteiger partial charge < -0.3 is 14.5 Å². The minimum Gasteiger partial charge on any atom is -0.491 e. The number of aromatic nitrogens is 1. The zero-order chi connectivity index (χ0) is 17.7. The SMILES string of the molecule is Cc1cc(OC(C)C)cc(-c2cc(/C=C\C(=O)OC(C)C)c[nH]2)c1. The monoisotopic (exact) mass is 327 g/mol. The van der Waals surface area contributed by atoms with E-state index in [9.17, 15) is 4.79 Å². The summed E-state index contributed by atoms with van der Waals surface area (Å²) in [6, 6.07) is 8.13. The van der Waals surface area contributed by atoms with Gasteiger partial charge in [-0.2, -0.15) is 0 Å². The number of hydrogen-bond acceptors (Lipinski definition) is 3. The third-order valence-corrected chi connectivity index (χ3v) is 3.20. The fourth-order valence-corrected chi connectivity index (χ4v) is 2.35. The summed E-state index contributed by atoms with van der Waals surface area (Å²) in [4.78, 5) is 14.8. The van der Waals surface area contributed by atoms with Crippen LogP contribution < -0.4 is 4.74 Å². The van der Waals surface area contributed by atoms with Crippen LogP contribution in [0.5, 0.6) is 5.75 Å². The van der Waals surface area contributed by atoms with Crippen LogP contribution in [0, 0.1) is 6.92 Å². The van der Waals surface area contributed by atoms with E-state index in [1.165, 1.54) is 6.08 Å². The topological polar surface area (TPSA) is 51.3 Å².